The average Bonchev–Trinajstić information content (AvgIpc) is 2.81. The number of halogens is 1. The van der Waals surface area contributed by atoms with Gasteiger partial charge in [0, 0.05) is 12.0 Å². The molecular formula is C14H13FN2S. The maximum atomic E-state index is 13.5. The lowest BCUT2D eigenvalue weighted by molar-refractivity contribution is 0.443. The van der Waals surface area contributed by atoms with E-state index in [0.29, 0.717) is 11.4 Å². The molecular weight excluding hydrogens is 247 g/mol. The standard InChI is InChI=1S/C14H13FN2S/c15-11-7-12-13(6-10(11)8-16)18-14(17-12)9-4-2-1-3-5-9/h6-7,9H,1-5H2. The average molecular weight is 260 g/mol. The molecule has 4 heteroatoms. The first-order chi connectivity index (χ1) is 8.78. The predicted molar refractivity (Wildman–Crippen MR) is 70.1 cm³/mol. The van der Waals surface area contributed by atoms with Gasteiger partial charge in [0.05, 0.1) is 20.8 Å². The molecule has 0 N–H and O–H groups in total. The third-order valence-corrected chi connectivity index (χ3v) is 4.75. The van der Waals surface area contributed by atoms with Crippen molar-refractivity contribution in [2.75, 3.05) is 0 Å². The molecule has 2 nitrogen and oxygen atoms in total. The molecule has 0 bridgehead atoms. The van der Waals surface area contributed by atoms with Crippen molar-refractivity contribution in [3.05, 3.63) is 28.5 Å². The first-order valence-electron chi connectivity index (χ1n) is 6.28. The van der Waals surface area contributed by atoms with Gasteiger partial charge < -0.3 is 0 Å². The lowest BCUT2D eigenvalue weighted by atomic mass is 9.90. The lowest BCUT2D eigenvalue weighted by Gasteiger charge is -2.18. The largest absolute Gasteiger partial charge is 0.241 e. The topological polar surface area (TPSA) is 36.7 Å². The summed E-state index contributed by atoms with van der Waals surface area (Å²) in [7, 11) is 0. The van der Waals surface area contributed by atoms with Crippen LogP contribution in [0.5, 0.6) is 0 Å². The Morgan fingerprint density at radius 2 is 2.06 bits per heavy atom. The molecule has 0 spiro atoms. The summed E-state index contributed by atoms with van der Waals surface area (Å²) in [5.41, 5.74) is 0.804. The predicted octanol–water partition coefficient (Wildman–Crippen LogP) is 4.35. The highest BCUT2D eigenvalue weighted by Crippen LogP contribution is 2.37. The van der Waals surface area contributed by atoms with Crippen molar-refractivity contribution in [3.63, 3.8) is 0 Å². The van der Waals surface area contributed by atoms with Gasteiger partial charge in [-0.15, -0.1) is 11.3 Å². The highest BCUT2D eigenvalue weighted by Gasteiger charge is 2.19. The van der Waals surface area contributed by atoms with Gasteiger partial charge in [0.15, 0.2) is 0 Å². The van der Waals surface area contributed by atoms with Crippen LogP contribution in [-0.2, 0) is 0 Å². The minimum Gasteiger partial charge on any atom is -0.241 e. The Labute approximate surface area is 109 Å². The van der Waals surface area contributed by atoms with Crippen molar-refractivity contribution < 1.29 is 4.39 Å². The molecule has 1 saturated carbocycles. The van der Waals surface area contributed by atoms with Crippen LogP contribution in [-0.4, -0.2) is 4.98 Å². The SMILES string of the molecule is N#Cc1cc2sc(C3CCCCC3)nc2cc1F. The van der Waals surface area contributed by atoms with Crippen LogP contribution >= 0.6 is 11.3 Å². The number of nitriles is 1. The van der Waals surface area contributed by atoms with Crippen molar-refractivity contribution in [1.82, 2.24) is 4.98 Å². The van der Waals surface area contributed by atoms with E-state index in [0.717, 1.165) is 9.71 Å². The van der Waals surface area contributed by atoms with E-state index in [4.69, 9.17) is 5.26 Å². The second kappa shape index (κ2) is 4.66. The van der Waals surface area contributed by atoms with E-state index in [9.17, 15) is 4.39 Å². The van der Waals surface area contributed by atoms with Gasteiger partial charge in [-0.3, -0.25) is 0 Å². The molecule has 1 aromatic heterocycles. The molecule has 1 aliphatic rings. The van der Waals surface area contributed by atoms with Crippen LogP contribution in [0.1, 0.15) is 48.6 Å². The molecule has 0 amide bonds. The summed E-state index contributed by atoms with van der Waals surface area (Å²) in [6.07, 6.45) is 6.21. The van der Waals surface area contributed by atoms with E-state index >= 15 is 0 Å². The smallest absolute Gasteiger partial charge is 0.143 e. The van der Waals surface area contributed by atoms with Crippen LogP contribution < -0.4 is 0 Å². The molecule has 0 aliphatic heterocycles. The number of fused-ring (bicyclic) bond motifs is 1. The summed E-state index contributed by atoms with van der Waals surface area (Å²) in [6.45, 7) is 0. The Balaban J connectivity index is 2.03. The first kappa shape index (κ1) is 11.6. The highest BCUT2D eigenvalue weighted by atomic mass is 32.1. The minimum absolute atomic E-state index is 0.112. The number of aromatic nitrogens is 1. The van der Waals surface area contributed by atoms with Crippen molar-refractivity contribution in [2.24, 2.45) is 0 Å². The Hall–Kier alpha value is -1.47. The summed E-state index contributed by atoms with van der Waals surface area (Å²) in [6, 6.07) is 4.89. The molecule has 1 aliphatic carbocycles. The summed E-state index contributed by atoms with van der Waals surface area (Å²) in [4.78, 5) is 4.54. The molecule has 0 unspecified atom stereocenters. The van der Waals surface area contributed by atoms with E-state index in [2.05, 4.69) is 4.98 Å². The highest BCUT2D eigenvalue weighted by molar-refractivity contribution is 7.18. The van der Waals surface area contributed by atoms with E-state index < -0.39 is 5.82 Å². The third-order valence-electron chi connectivity index (χ3n) is 3.57. The molecule has 1 heterocycles. The first-order valence-corrected chi connectivity index (χ1v) is 7.09. The number of nitrogens with zero attached hydrogens (tertiary/aromatic N) is 2. The van der Waals surface area contributed by atoms with Crippen LogP contribution in [0.25, 0.3) is 10.2 Å². The van der Waals surface area contributed by atoms with Crippen molar-refractivity contribution >= 4 is 21.6 Å². The van der Waals surface area contributed by atoms with E-state index in [-0.39, 0.29) is 5.56 Å². The van der Waals surface area contributed by atoms with Gasteiger partial charge in [0.2, 0.25) is 0 Å². The molecule has 0 radical (unpaired) electrons. The number of benzene rings is 1. The Kier molecular flexibility index (Phi) is 3.00. The summed E-state index contributed by atoms with van der Waals surface area (Å²) >= 11 is 1.61. The fraction of sp³-hybridized carbons (Fsp3) is 0.429. The minimum atomic E-state index is -0.467. The van der Waals surface area contributed by atoms with Crippen LogP contribution in [0.3, 0.4) is 0 Å². The fourth-order valence-electron chi connectivity index (χ4n) is 2.58. The van der Waals surface area contributed by atoms with Crippen molar-refractivity contribution in [3.8, 4) is 6.07 Å². The molecule has 18 heavy (non-hydrogen) atoms. The maximum Gasteiger partial charge on any atom is 0.143 e. The zero-order valence-electron chi connectivity index (χ0n) is 9.95. The number of hydrogen-bond donors (Lipinski definition) is 0. The van der Waals surface area contributed by atoms with E-state index in [1.54, 1.807) is 17.4 Å². The quantitative estimate of drug-likeness (QED) is 0.764. The normalized spacial score (nSPS) is 16.9. The molecule has 92 valence electrons. The molecule has 1 fully saturated rings. The van der Waals surface area contributed by atoms with Crippen molar-refractivity contribution in [1.29, 1.82) is 5.26 Å². The monoisotopic (exact) mass is 260 g/mol. The van der Waals surface area contributed by atoms with Crippen molar-refractivity contribution in [2.45, 2.75) is 38.0 Å². The van der Waals surface area contributed by atoms with Gasteiger partial charge in [-0.2, -0.15) is 5.26 Å². The summed E-state index contributed by atoms with van der Waals surface area (Å²) in [5, 5.41) is 9.94. The zero-order chi connectivity index (χ0) is 12.5. The molecule has 0 atom stereocenters. The molecule has 0 saturated heterocycles. The van der Waals surface area contributed by atoms with Crippen LogP contribution in [0, 0.1) is 17.1 Å². The second-order valence-electron chi connectivity index (χ2n) is 4.80. The molecule has 1 aromatic carbocycles. The lowest BCUT2D eigenvalue weighted by Crippen LogP contribution is -2.03. The second-order valence-corrected chi connectivity index (χ2v) is 5.86. The fourth-order valence-corrected chi connectivity index (χ4v) is 3.73. The third kappa shape index (κ3) is 1.99. The van der Waals surface area contributed by atoms with Gasteiger partial charge >= 0.3 is 0 Å². The van der Waals surface area contributed by atoms with Gasteiger partial charge in [-0.05, 0) is 18.9 Å². The summed E-state index contributed by atoms with van der Waals surface area (Å²) < 4.78 is 14.4. The Morgan fingerprint density at radius 1 is 1.28 bits per heavy atom. The molecule has 3 rings (SSSR count). The van der Waals surface area contributed by atoms with E-state index in [1.165, 1.54) is 38.2 Å². The molecule has 2 aromatic rings. The zero-order valence-corrected chi connectivity index (χ0v) is 10.8. The Bertz CT molecular complexity index is 620. The number of thiazole rings is 1. The van der Waals surface area contributed by atoms with Crippen LogP contribution in [0.2, 0.25) is 0 Å². The van der Waals surface area contributed by atoms with Gasteiger partial charge in [0.1, 0.15) is 11.9 Å². The van der Waals surface area contributed by atoms with Crippen LogP contribution in [0.15, 0.2) is 12.1 Å². The maximum absolute atomic E-state index is 13.5. The van der Waals surface area contributed by atoms with Gasteiger partial charge in [-0.1, -0.05) is 19.3 Å². The van der Waals surface area contributed by atoms with Gasteiger partial charge in [-0.25, -0.2) is 9.37 Å². The number of hydrogen-bond acceptors (Lipinski definition) is 3. The summed E-state index contributed by atoms with van der Waals surface area (Å²) in [5.74, 6) is 0.0650. The number of rotatable bonds is 1. The van der Waals surface area contributed by atoms with Crippen LogP contribution in [0.4, 0.5) is 4.39 Å². The van der Waals surface area contributed by atoms with E-state index in [1.807, 2.05) is 6.07 Å². The van der Waals surface area contributed by atoms with Gasteiger partial charge in [0.25, 0.3) is 0 Å². The Morgan fingerprint density at radius 3 is 2.78 bits per heavy atom.